The molecule has 0 spiro atoms. The summed E-state index contributed by atoms with van der Waals surface area (Å²) in [6.45, 7) is 0.682. The van der Waals surface area contributed by atoms with Crippen LogP contribution in [0.5, 0.6) is 0 Å². The van der Waals surface area contributed by atoms with Gasteiger partial charge in [-0.15, -0.1) is 0 Å². The van der Waals surface area contributed by atoms with Gasteiger partial charge in [0, 0.05) is 18.7 Å². The average molecular weight is 287 g/mol. The number of rotatable bonds is 4. The summed E-state index contributed by atoms with van der Waals surface area (Å²) < 4.78 is 0. The van der Waals surface area contributed by atoms with Gasteiger partial charge in [-0.1, -0.05) is 25.7 Å². The third kappa shape index (κ3) is 2.94. The topological polar surface area (TPSA) is 57.6 Å². The molecule has 1 aromatic rings. The number of carbonyl (C=O) groups is 2. The van der Waals surface area contributed by atoms with E-state index in [4.69, 9.17) is 5.11 Å². The van der Waals surface area contributed by atoms with Crippen LogP contribution < -0.4 is 4.90 Å². The number of carboxylic acids is 1. The van der Waals surface area contributed by atoms with Crippen LogP contribution in [0.25, 0.3) is 0 Å². The van der Waals surface area contributed by atoms with Gasteiger partial charge in [0.2, 0.25) is 5.91 Å². The van der Waals surface area contributed by atoms with E-state index in [1.807, 2.05) is 4.90 Å². The van der Waals surface area contributed by atoms with Crippen LogP contribution in [-0.4, -0.2) is 23.5 Å². The number of fused-ring (bicyclic) bond motifs is 1. The van der Waals surface area contributed by atoms with E-state index < -0.39 is 5.97 Å². The Bertz CT molecular complexity index is 561. The van der Waals surface area contributed by atoms with Crippen molar-refractivity contribution in [3.05, 3.63) is 29.3 Å². The maximum atomic E-state index is 12.4. The van der Waals surface area contributed by atoms with Crippen LogP contribution in [0, 0.1) is 5.92 Å². The highest BCUT2D eigenvalue weighted by Crippen LogP contribution is 2.32. The molecule has 0 unspecified atom stereocenters. The second kappa shape index (κ2) is 5.88. The van der Waals surface area contributed by atoms with Gasteiger partial charge in [0.15, 0.2) is 0 Å². The fourth-order valence-electron chi connectivity index (χ4n) is 3.56. The van der Waals surface area contributed by atoms with Crippen molar-refractivity contribution in [3.8, 4) is 0 Å². The third-order valence-electron chi connectivity index (χ3n) is 4.76. The fraction of sp³-hybridized carbons (Fsp3) is 0.529. The average Bonchev–Trinajstić information content (AvgIpc) is 3.13. The van der Waals surface area contributed by atoms with Gasteiger partial charge >= 0.3 is 5.97 Å². The summed E-state index contributed by atoms with van der Waals surface area (Å²) in [5.41, 5.74) is 2.18. The monoisotopic (exact) mass is 287 g/mol. The summed E-state index contributed by atoms with van der Waals surface area (Å²) in [5, 5.41) is 9.02. The summed E-state index contributed by atoms with van der Waals surface area (Å²) in [6.07, 6.45) is 7.53. The molecule has 4 nitrogen and oxygen atoms in total. The summed E-state index contributed by atoms with van der Waals surface area (Å²) in [5.74, 6) is -0.00190. The van der Waals surface area contributed by atoms with E-state index in [9.17, 15) is 9.59 Å². The van der Waals surface area contributed by atoms with Gasteiger partial charge in [0.25, 0.3) is 0 Å². The Balaban J connectivity index is 1.65. The van der Waals surface area contributed by atoms with Crippen molar-refractivity contribution in [2.75, 3.05) is 11.4 Å². The first-order chi connectivity index (χ1) is 10.1. The van der Waals surface area contributed by atoms with Crippen molar-refractivity contribution in [1.29, 1.82) is 0 Å². The molecule has 112 valence electrons. The van der Waals surface area contributed by atoms with Gasteiger partial charge < -0.3 is 10.0 Å². The molecule has 1 amide bonds. The lowest BCUT2D eigenvalue weighted by Crippen LogP contribution is -2.29. The molecule has 0 atom stereocenters. The molecule has 0 saturated heterocycles. The van der Waals surface area contributed by atoms with Crippen LogP contribution in [0.15, 0.2) is 18.2 Å². The molecule has 1 fully saturated rings. The Hall–Kier alpha value is -1.84. The third-order valence-corrected chi connectivity index (χ3v) is 4.76. The molecule has 21 heavy (non-hydrogen) atoms. The fourth-order valence-corrected chi connectivity index (χ4v) is 3.56. The molecule has 3 rings (SSSR count). The molecule has 1 aliphatic heterocycles. The van der Waals surface area contributed by atoms with E-state index in [1.54, 1.807) is 18.2 Å². The predicted octanol–water partition coefficient (Wildman–Crippen LogP) is 3.24. The lowest BCUT2D eigenvalue weighted by Gasteiger charge is -2.18. The smallest absolute Gasteiger partial charge is 0.335 e. The zero-order valence-corrected chi connectivity index (χ0v) is 12.2. The van der Waals surface area contributed by atoms with E-state index in [1.165, 1.54) is 25.7 Å². The Morgan fingerprint density at radius 3 is 2.71 bits per heavy atom. The summed E-state index contributed by atoms with van der Waals surface area (Å²) in [7, 11) is 0. The normalized spacial score (nSPS) is 18.0. The van der Waals surface area contributed by atoms with Gasteiger partial charge in [-0.2, -0.15) is 0 Å². The van der Waals surface area contributed by atoms with Crippen LogP contribution in [0.4, 0.5) is 5.69 Å². The van der Waals surface area contributed by atoms with E-state index in [0.717, 1.165) is 30.0 Å². The van der Waals surface area contributed by atoms with Crippen molar-refractivity contribution < 1.29 is 14.7 Å². The Morgan fingerprint density at radius 1 is 1.24 bits per heavy atom. The van der Waals surface area contributed by atoms with Crippen molar-refractivity contribution >= 4 is 17.6 Å². The van der Waals surface area contributed by atoms with Gasteiger partial charge in [-0.3, -0.25) is 4.79 Å². The van der Waals surface area contributed by atoms with Crippen molar-refractivity contribution in [2.24, 2.45) is 5.92 Å². The van der Waals surface area contributed by atoms with Gasteiger partial charge in [-0.25, -0.2) is 4.79 Å². The largest absolute Gasteiger partial charge is 0.478 e. The number of hydrogen-bond donors (Lipinski definition) is 1. The molecule has 2 aliphatic rings. The highest BCUT2D eigenvalue weighted by Gasteiger charge is 2.26. The van der Waals surface area contributed by atoms with Crippen LogP contribution in [0.2, 0.25) is 0 Å². The number of carbonyl (C=O) groups excluding carboxylic acids is 1. The van der Waals surface area contributed by atoms with E-state index in [0.29, 0.717) is 18.5 Å². The minimum atomic E-state index is -0.913. The number of carboxylic acid groups (broad SMARTS) is 1. The van der Waals surface area contributed by atoms with Crippen molar-refractivity contribution in [3.63, 3.8) is 0 Å². The minimum absolute atomic E-state index is 0.184. The number of anilines is 1. The lowest BCUT2D eigenvalue weighted by molar-refractivity contribution is -0.118. The molecular formula is C17H21NO3. The van der Waals surface area contributed by atoms with Crippen molar-refractivity contribution in [2.45, 2.75) is 44.9 Å². The molecule has 0 radical (unpaired) electrons. The molecule has 1 N–H and O–H groups in total. The van der Waals surface area contributed by atoms with Crippen molar-refractivity contribution in [1.82, 2.24) is 0 Å². The second-order valence-corrected chi connectivity index (χ2v) is 6.13. The zero-order valence-electron chi connectivity index (χ0n) is 12.2. The maximum absolute atomic E-state index is 12.4. The van der Waals surface area contributed by atoms with Gasteiger partial charge in [0.1, 0.15) is 0 Å². The Morgan fingerprint density at radius 2 is 2.00 bits per heavy atom. The second-order valence-electron chi connectivity index (χ2n) is 6.13. The summed E-state index contributed by atoms with van der Waals surface area (Å²) in [4.78, 5) is 25.2. The lowest BCUT2D eigenvalue weighted by atomic mass is 10.0. The van der Waals surface area contributed by atoms with Crippen LogP contribution in [0.1, 0.15) is 54.4 Å². The molecule has 1 saturated carbocycles. The first kappa shape index (κ1) is 14.1. The van der Waals surface area contributed by atoms with Crippen LogP contribution >= 0.6 is 0 Å². The number of nitrogens with zero attached hydrogens (tertiary/aromatic N) is 1. The van der Waals surface area contributed by atoms with Crippen LogP contribution in [0.3, 0.4) is 0 Å². The Kier molecular flexibility index (Phi) is 3.95. The van der Waals surface area contributed by atoms with E-state index in [-0.39, 0.29) is 5.91 Å². The first-order valence-electron chi connectivity index (χ1n) is 7.82. The Labute approximate surface area is 124 Å². The number of aromatic carboxylic acids is 1. The summed E-state index contributed by atoms with van der Waals surface area (Å²) >= 11 is 0. The molecule has 1 aromatic carbocycles. The van der Waals surface area contributed by atoms with Gasteiger partial charge in [0.05, 0.1) is 5.56 Å². The van der Waals surface area contributed by atoms with E-state index >= 15 is 0 Å². The quantitative estimate of drug-likeness (QED) is 0.924. The minimum Gasteiger partial charge on any atom is -0.478 e. The molecule has 0 aromatic heterocycles. The number of hydrogen-bond acceptors (Lipinski definition) is 2. The SMILES string of the molecule is O=C(O)c1ccc2c(c1)CCN2C(=O)CCC1CCCC1. The van der Waals surface area contributed by atoms with Crippen LogP contribution in [-0.2, 0) is 11.2 Å². The maximum Gasteiger partial charge on any atom is 0.335 e. The highest BCUT2D eigenvalue weighted by atomic mass is 16.4. The molecular weight excluding hydrogens is 266 g/mol. The predicted molar refractivity (Wildman–Crippen MR) is 80.7 cm³/mol. The summed E-state index contributed by atoms with van der Waals surface area (Å²) in [6, 6.07) is 5.06. The zero-order chi connectivity index (χ0) is 14.8. The van der Waals surface area contributed by atoms with Gasteiger partial charge in [-0.05, 0) is 42.5 Å². The van der Waals surface area contributed by atoms with E-state index in [2.05, 4.69) is 0 Å². The number of benzene rings is 1. The molecule has 1 aliphatic carbocycles. The highest BCUT2D eigenvalue weighted by molar-refractivity contribution is 5.96. The standard InChI is InChI=1S/C17H21NO3/c19-16(8-5-12-3-1-2-4-12)18-10-9-13-11-14(17(20)21)6-7-15(13)18/h6-7,11-12H,1-5,8-10H2,(H,20,21). The molecule has 4 heteroatoms. The number of amides is 1. The molecule has 0 bridgehead atoms. The molecule has 1 heterocycles. The first-order valence-corrected chi connectivity index (χ1v) is 7.82.